The van der Waals surface area contributed by atoms with Crippen LogP contribution in [0.15, 0.2) is 4.52 Å². The maximum absolute atomic E-state index is 12.6. The quantitative estimate of drug-likeness (QED) is 0.935. The zero-order chi connectivity index (χ0) is 16.7. The summed E-state index contributed by atoms with van der Waals surface area (Å²) in [7, 11) is 1.85. The number of nitrogens with one attached hydrogen (secondary N) is 1. The molecule has 1 aliphatic rings. The van der Waals surface area contributed by atoms with Gasteiger partial charge >= 0.3 is 0 Å². The Bertz CT molecular complexity index is 727. The minimum absolute atomic E-state index is 0.0598. The topological polar surface area (TPSA) is 82.2 Å². The molecule has 0 unspecified atom stereocenters. The summed E-state index contributed by atoms with van der Waals surface area (Å²) in [6.07, 6.45) is 0.716. The number of carbonyl (C=O) groups excluding carboxylic acids is 1. The molecule has 7 heteroatoms. The van der Waals surface area contributed by atoms with Crippen LogP contribution in [0.5, 0.6) is 0 Å². The molecule has 0 saturated carbocycles. The number of ether oxygens (including phenoxy) is 1. The third-order valence-electron chi connectivity index (χ3n) is 4.33. The lowest BCUT2D eigenvalue weighted by Crippen LogP contribution is -2.27. The van der Waals surface area contributed by atoms with Gasteiger partial charge in [-0.2, -0.15) is 5.10 Å². The van der Waals surface area contributed by atoms with E-state index < -0.39 is 0 Å². The maximum Gasteiger partial charge on any atom is 0.272 e. The molecule has 0 spiro atoms. The molecular weight excluding hydrogens is 296 g/mol. The van der Waals surface area contributed by atoms with E-state index in [4.69, 9.17) is 9.26 Å². The molecule has 23 heavy (non-hydrogen) atoms. The predicted molar refractivity (Wildman–Crippen MR) is 83.0 cm³/mol. The van der Waals surface area contributed by atoms with E-state index in [2.05, 4.69) is 15.6 Å². The molecule has 1 aliphatic heterocycles. The average molecular weight is 318 g/mol. The van der Waals surface area contributed by atoms with Crippen LogP contribution in [-0.2, 0) is 24.8 Å². The summed E-state index contributed by atoms with van der Waals surface area (Å²) in [5, 5.41) is 11.2. The van der Waals surface area contributed by atoms with Gasteiger partial charge in [0.15, 0.2) is 5.69 Å². The zero-order valence-corrected chi connectivity index (χ0v) is 14.1. The highest BCUT2D eigenvalue weighted by atomic mass is 16.5. The smallest absolute Gasteiger partial charge is 0.272 e. The fourth-order valence-corrected chi connectivity index (χ4v) is 3.23. The molecule has 0 radical (unpaired) electrons. The van der Waals surface area contributed by atoms with E-state index in [1.165, 1.54) is 0 Å². The van der Waals surface area contributed by atoms with Crippen molar-refractivity contribution in [1.82, 2.24) is 20.3 Å². The summed E-state index contributed by atoms with van der Waals surface area (Å²) >= 11 is 0. The minimum atomic E-state index is -0.178. The van der Waals surface area contributed by atoms with Gasteiger partial charge in [-0.05, 0) is 27.7 Å². The first-order chi connectivity index (χ1) is 10.9. The molecule has 0 aliphatic carbocycles. The highest BCUT2D eigenvalue weighted by Gasteiger charge is 2.31. The monoisotopic (exact) mass is 318 g/mol. The Morgan fingerprint density at radius 2 is 2.13 bits per heavy atom. The fourth-order valence-electron chi connectivity index (χ4n) is 3.23. The molecule has 3 heterocycles. The molecular formula is C16H22N4O3. The van der Waals surface area contributed by atoms with E-state index >= 15 is 0 Å². The lowest BCUT2D eigenvalue weighted by atomic mass is 9.99. The largest absolute Gasteiger partial charge is 0.369 e. The number of aromatic nitrogens is 3. The molecule has 0 fully saturated rings. The van der Waals surface area contributed by atoms with Crippen LogP contribution in [0.1, 0.15) is 58.7 Å². The van der Waals surface area contributed by atoms with Gasteiger partial charge in [-0.1, -0.05) is 5.16 Å². The summed E-state index contributed by atoms with van der Waals surface area (Å²) in [5.74, 6) is 0.546. The van der Waals surface area contributed by atoms with Crippen LogP contribution < -0.4 is 5.32 Å². The lowest BCUT2D eigenvalue weighted by Gasteiger charge is -2.26. The van der Waals surface area contributed by atoms with Gasteiger partial charge in [0.2, 0.25) is 0 Å². The third kappa shape index (κ3) is 2.76. The van der Waals surface area contributed by atoms with E-state index in [-0.39, 0.29) is 18.1 Å². The van der Waals surface area contributed by atoms with Crippen molar-refractivity contribution >= 4 is 5.91 Å². The van der Waals surface area contributed by atoms with Crippen LogP contribution in [0, 0.1) is 13.8 Å². The second kappa shape index (κ2) is 5.81. The number of hydrogen-bond acceptors (Lipinski definition) is 5. The van der Waals surface area contributed by atoms with Crippen LogP contribution >= 0.6 is 0 Å². The number of rotatable bonds is 3. The molecule has 3 rings (SSSR count). The first-order valence-corrected chi connectivity index (χ1v) is 7.79. The summed E-state index contributed by atoms with van der Waals surface area (Å²) in [5.41, 5.74) is 4.14. The first kappa shape index (κ1) is 15.7. The average Bonchev–Trinajstić information content (AvgIpc) is 2.97. The Labute approximate surface area is 135 Å². The number of hydrogen-bond donors (Lipinski definition) is 1. The second-order valence-electron chi connectivity index (χ2n) is 6.11. The van der Waals surface area contributed by atoms with Gasteiger partial charge in [0, 0.05) is 31.1 Å². The highest BCUT2D eigenvalue weighted by molar-refractivity contribution is 5.94. The van der Waals surface area contributed by atoms with E-state index in [0.717, 1.165) is 28.3 Å². The van der Waals surface area contributed by atoms with Crippen molar-refractivity contribution in [2.75, 3.05) is 0 Å². The number of fused-ring (bicyclic) bond motifs is 1. The molecule has 2 aromatic heterocycles. The van der Waals surface area contributed by atoms with Crippen LogP contribution in [0.25, 0.3) is 0 Å². The second-order valence-corrected chi connectivity index (χ2v) is 6.11. The molecule has 0 bridgehead atoms. The predicted octanol–water partition coefficient (Wildman–Crippen LogP) is 1.98. The van der Waals surface area contributed by atoms with Crippen molar-refractivity contribution in [3.05, 3.63) is 34.0 Å². The van der Waals surface area contributed by atoms with Crippen molar-refractivity contribution < 1.29 is 14.1 Å². The van der Waals surface area contributed by atoms with Crippen molar-refractivity contribution in [2.45, 2.75) is 52.9 Å². The van der Waals surface area contributed by atoms with Crippen LogP contribution in [0.3, 0.4) is 0 Å². The molecule has 124 valence electrons. The minimum Gasteiger partial charge on any atom is -0.369 e. The summed E-state index contributed by atoms with van der Waals surface area (Å²) in [6, 6.07) is 0. The summed E-state index contributed by atoms with van der Waals surface area (Å²) < 4.78 is 12.7. The zero-order valence-electron chi connectivity index (χ0n) is 14.1. The van der Waals surface area contributed by atoms with Gasteiger partial charge in [0.25, 0.3) is 5.91 Å². The van der Waals surface area contributed by atoms with Crippen molar-refractivity contribution in [3.8, 4) is 0 Å². The van der Waals surface area contributed by atoms with Crippen molar-refractivity contribution in [2.24, 2.45) is 7.05 Å². The molecule has 0 saturated heterocycles. The standard InChI is InChI=1S/C16H22N4O3/c1-8-6-12-14(18-20(5)15(12)11(4)22-8)16(21)17-7-13-9(2)19-23-10(13)3/h8,11H,6-7H2,1-5H3,(H,17,21)/t8-,11+/m1/s1. The maximum atomic E-state index is 12.6. The molecule has 0 aromatic carbocycles. The summed E-state index contributed by atoms with van der Waals surface area (Å²) in [6.45, 7) is 8.08. The van der Waals surface area contributed by atoms with Crippen molar-refractivity contribution in [1.29, 1.82) is 0 Å². The number of aryl methyl sites for hydroxylation is 3. The number of carbonyl (C=O) groups is 1. The SMILES string of the molecule is Cc1noc(C)c1CNC(=O)c1nn(C)c2c1C[C@@H](C)O[C@H]2C. The normalized spacial score (nSPS) is 20.4. The lowest BCUT2D eigenvalue weighted by molar-refractivity contribution is -0.00903. The molecule has 1 amide bonds. The first-order valence-electron chi connectivity index (χ1n) is 7.79. The highest BCUT2D eigenvalue weighted by Crippen LogP contribution is 2.31. The Hall–Kier alpha value is -2.15. The van der Waals surface area contributed by atoms with Crippen LogP contribution in [0.2, 0.25) is 0 Å². The van der Waals surface area contributed by atoms with Gasteiger partial charge in [0.1, 0.15) is 5.76 Å². The number of nitrogens with zero attached hydrogens (tertiary/aromatic N) is 3. The van der Waals surface area contributed by atoms with Gasteiger partial charge in [0.05, 0.1) is 23.6 Å². The van der Waals surface area contributed by atoms with Gasteiger partial charge in [-0.3, -0.25) is 9.48 Å². The van der Waals surface area contributed by atoms with E-state index in [1.54, 1.807) is 4.68 Å². The molecule has 2 aromatic rings. The number of amides is 1. The molecule has 2 atom stereocenters. The van der Waals surface area contributed by atoms with E-state index in [1.807, 2.05) is 34.7 Å². The van der Waals surface area contributed by atoms with Gasteiger partial charge in [-0.15, -0.1) is 0 Å². The Balaban J connectivity index is 1.82. The van der Waals surface area contributed by atoms with Gasteiger partial charge < -0.3 is 14.6 Å². The van der Waals surface area contributed by atoms with Crippen LogP contribution in [0.4, 0.5) is 0 Å². The van der Waals surface area contributed by atoms with Crippen molar-refractivity contribution in [3.63, 3.8) is 0 Å². The molecule has 1 N–H and O–H groups in total. The fraction of sp³-hybridized carbons (Fsp3) is 0.562. The Kier molecular flexibility index (Phi) is 3.97. The molecule has 7 nitrogen and oxygen atoms in total. The van der Waals surface area contributed by atoms with Gasteiger partial charge in [-0.25, -0.2) is 0 Å². The Morgan fingerprint density at radius 3 is 2.78 bits per heavy atom. The van der Waals surface area contributed by atoms with E-state index in [9.17, 15) is 4.79 Å². The third-order valence-corrected chi connectivity index (χ3v) is 4.33. The Morgan fingerprint density at radius 1 is 1.39 bits per heavy atom. The van der Waals surface area contributed by atoms with E-state index in [0.29, 0.717) is 18.7 Å². The van der Waals surface area contributed by atoms with Crippen LogP contribution in [-0.4, -0.2) is 26.9 Å². The summed E-state index contributed by atoms with van der Waals surface area (Å²) in [4.78, 5) is 12.6.